The highest BCUT2D eigenvalue weighted by molar-refractivity contribution is 6.00. The molecule has 1 aliphatic rings. The number of ether oxygens (including phenoxy) is 2. The van der Waals surface area contributed by atoms with Gasteiger partial charge in [0.1, 0.15) is 5.82 Å². The summed E-state index contributed by atoms with van der Waals surface area (Å²) in [5.41, 5.74) is -0.637. The zero-order valence-electron chi connectivity index (χ0n) is 17.9. The molecule has 0 radical (unpaired) electrons. The number of rotatable bonds is 5. The summed E-state index contributed by atoms with van der Waals surface area (Å²) in [7, 11) is 2.35. The molecule has 176 valence electrons. The molecule has 0 spiro atoms. The maximum Gasteiger partial charge on any atom is 0.419 e. The summed E-state index contributed by atoms with van der Waals surface area (Å²) in [6.45, 7) is 0.362. The van der Waals surface area contributed by atoms with Crippen molar-refractivity contribution < 1.29 is 37.0 Å². The molecule has 33 heavy (non-hydrogen) atoms. The number of nitrogens with one attached hydrogen (secondary N) is 1. The maximum atomic E-state index is 13.4. The van der Waals surface area contributed by atoms with Gasteiger partial charge in [-0.25, -0.2) is 14.6 Å². The van der Waals surface area contributed by atoms with Crippen LogP contribution in [0.2, 0.25) is 0 Å². The molecular weight excluding hydrogens is 443 g/mol. The maximum absolute atomic E-state index is 13.4. The fourth-order valence-corrected chi connectivity index (χ4v) is 3.67. The number of amides is 1. The van der Waals surface area contributed by atoms with Crippen molar-refractivity contribution in [2.45, 2.75) is 19.0 Å². The van der Waals surface area contributed by atoms with Gasteiger partial charge in [0.15, 0.2) is 0 Å². The first-order chi connectivity index (χ1) is 15.6. The Morgan fingerprint density at radius 1 is 1.09 bits per heavy atom. The van der Waals surface area contributed by atoms with Gasteiger partial charge >= 0.3 is 18.1 Å². The van der Waals surface area contributed by atoms with Gasteiger partial charge in [-0.1, -0.05) is 0 Å². The molecule has 1 amide bonds. The van der Waals surface area contributed by atoms with Gasteiger partial charge in [-0.2, -0.15) is 13.2 Å². The minimum atomic E-state index is -4.57. The second kappa shape index (κ2) is 9.88. The second-order valence-corrected chi connectivity index (χ2v) is 7.43. The zero-order chi connectivity index (χ0) is 24.2. The number of esters is 2. The Bertz CT molecular complexity index is 1020. The Morgan fingerprint density at radius 2 is 1.73 bits per heavy atom. The molecule has 1 aromatic carbocycles. The Hall–Kier alpha value is -3.63. The lowest BCUT2D eigenvalue weighted by molar-refractivity contribution is -0.137. The summed E-state index contributed by atoms with van der Waals surface area (Å²) in [6.07, 6.45) is -2.35. The molecule has 1 aliphatic heterocycles. The second-order valence-electron chi connectivity index (χ2n) is 7.43. The first-order valence-corrected chi connectivity index (χ1v) is 10.0. The topological polar surface area (TPSA) is 97.8 Å². The highest BCUT2D eigenvalue weighted by Gasteiger charge is 2.37. The van der Waals surface area contributed by atoms with Crippen LogP contribution in [0, 0.1) is 5.92 Å². The number of hydrogen-bond acceptors (Lipinski definition) is 7. The predicted octanol–water partition coefficient (Wildman–Crippen LogP) is 3.53. The van der Waals surface area contributed by atoms with E-state index in [1.54, 1.807) is 0 Å². The zero-order valence-corrected chi connectivity index (χ0v) is 17.9. The van der Waals surface area contributed by atoms with E-state index in [4.69, 9.17) is 0 Å². The SMILES string of the molecule is COC(=O)c1cc(NC(=O)C2CCCN(c3ncccc3C(F)(F)F)C2)cc(C(=O)OC)c1. The van der Waals surface area contributed by atoms with E-state index in [2.05, 4.69) is 19.8 Å². The molecule has 1 N–H and O–H groups in total. The fourth-order valence-electron chi connectivity index (χ4n) is 3.67. The van der Waals surface area contributed by atoms with Crippen molar-refractivity contribution in [3.63, 3.8) is 0 Å². The Balaban J connectivity index is 1.81. The molecule has 8 nitrogen and oxygen atoms in total. The molecule has 0 aliphatic carbocycles. The number of halogens is 3. The molecule has 1 aromatic heterocycles. The average Bonchev–Trinajstić information content (AvgIpc) is 2.82. The lowest BCUT2D eigenvalue weighted by Gasteiger charge is -2.34. The van der Waals surface area contributed by atoms with Gasteiger partial charge in [0.2, 0.25) is 5.91 Å². The number of benzene rings is 1. The van der Waals surface area contributed by atoms with Crippen LogP contribution in [0.15, 0.2) is 36.5 Å². The fraction of sp³-hybridized carbons (Fsp3) is 0.364. The van der Waals surface area contributed by atoms with E-state index in [0.717, 1.165) is 6.07 Å². The highest BCUT2D eigenvalue weighted by atomic mass is 19.4. The van der Waals surface area contributed by atoms with Crippen LogP contribution in [0.1, 0.15) is 39.1 Å². The number of nitrogens with zero attached hydrogens (tertiary/aromatic N) is 2. The molecule has 1 unspecified atom stereocenters. The third-order valence-corrected chi connectivity index (χ3v) is 5.23. The Morgan fingerprint density at radius 3 is 2.30 bits per heavy atom. The molecule has 2 heterocycles. The summed E-state index contributed by atoms with van der Waals surface area (Å²) in [5, 5.41) is 2.64. The molecule has 0 saturated carbocycles. The molecular formula is C22H22F3N3O5. The summed E-state index contributed by atoms with van der Waals surface area (Å²) in [5.74, 6) is -2.74. The molecule has 1 fully saturated rings. The van der Waals surface area contributed by atoms with Crippen molar-refractivity contribution in [1.29, 1.82) is 0 Å². The number of methoxy groups -OCH3 is 2. The predicted molar refractivity (Wildman–Crippen MR) is 112 cm³/mol. The van der Waals surface area contributed by atoms with Gasteiger partial charge < -0.3 is 19.7 Å². The average molecular weight is 465 g/mol. The Kier molecular flexibility index (Phi) is 7.19. The van der Waals surface area contributed by atoms with Crippen LogP contribution in [0.4, 0.5) is 24.7 Å². The van der Waals surface area contributed by atoms with E-state index in [1.165, 1.54) is 49.6 Å². The van der Waals surface area contributed by atoms with Crippen LogP contribution in [0.5, 0.6) is 0 Å². The number of carbonyl (C=O) groups excluding carboxylic acids is 3. The lowest BCUT2D eigenvalue weighted by Crippen LogP contribution is -2.42. The Labute approximate surface area is 187 Å². The number of pyridine rings is 1. The van der Waals surface area contributed by atoms with E-state index in [1.807, 2.05) is 0 Å². The molecule has 1 saturated heterocycles. The first kappa shape index (κ1) is 24.0. The first-order valence-electron chi connectivity index (χ1n) is 10.0. The van der Waals surface area contributed by atoms with Crippen LogP contribution in [-0.4, -0.2) is 50.1 Å². The van der Waals surface area contributed by atoms with E-state index in [0.29, 0.717) is 19.4 Å². The number of anilines is 2. The number of carbonyl (C=O) groups is 3. The minimum absolute atomic E-state index is 0.0317. The summed E-state index contributed by atoms with van der Waals surface area (Å²) in [4.78, 5) is 42.1. The largest absolute Gasteiger partial charge is 0.465 e. The molecule has 2 aromatic rings. The van der Waals surface area contributed by atoms with Gasteiger partial charge in [0, 0.05) is 25.0 Å². The molecule has 0 bridgehead atoms. The van der Waals surface area contributed by atoms with Gasteiger partial charge in [0.05, 0.1) is 36.8 Å². The van der Waals surface area contributed by atoms with Crippen molar-refractivity contribution in [2.24, 2.45) is 5.92 Å². The van der Waals surface area contributed by atoms with Crippen LogP contribution in [0.25, 0.3) is 0 Å². The number of aromatic nitrogens is 1. The minimum Gasteiger partial charge on any atom is -0.465 e. The summed E-state index contributed by atoms with van der Waals surface area (Å²) in [6, 6.07) is 6.14. The standard InChI is InChI=1S/C22H22F3N3O5/c1-32-20(30)14-9-15(21(31)33-2)11-16(10-14)27-19(29)13-5-4-8-28(12-13)18-17(22(23,24)25)6-3-7-26-18/h3,6-7,9-11,13H,4-5,8,12H2,1-2H3,(H,27,29). The summed E-state index contributed by atoms with van der Waals surface area (Å²) < 4.78 is 49.5. The normalized spacial score (nSPS) is 16.2. The highest BCUT2D eigenvalue weighted by Crippen LogP contribution is 2.36. The third kappa shape index (κ3) is 5.60. The quantitative estimate of drug-likeness (QED) is 0.675. The van der Waals surface area contributed by atoms with Crippen molar-refractivity contribution in [2.75, 3.05) is 37.5 Å². The molecule has 1 atom stereocenters. The third-order valence-electron chi connectivity index (χ3n) is 5.23. The number of piperidine rings is 1. The monoisotopic (exact) mass is 465 g/mol. The van der Waals surface area contributed by atoms with Crippen LogP contribution >= 0.6 is 0 Å². The van der Waals surface area contributed by atoms with Crippen molar-refractivity contribution in [3.8, 4) is 0 Å². The van der Waals surface area contributed by atoms with Gasteiger partial charge in [0.25, 0.3) is 0 Å². The summed E-state index contributed by atoms with van der Waals surface area (Å²) >= 11 is 0. The van der Waals surface area contributed by atoms with Crippen molar-refractivity contribution >= 4 is 29.4 Å². The van der Waals surface area contributed by atoms with Crippen LogP contribution < -0.4 is 10.2 Å². The van der Waals surface area contributed by atoms with Crippen LogP contribution in [-0.2, 0) is 20.4 Å². The molecule has 11 heteroatoms. The van der Waals surface area contributed by atoms with Crippen molar-refractivity contribution in [1.82, 2.24) is 4.98 Å². The van der Waals surface area contributed by atoms with E-state index in [9.17, 15) is 27.6 Å². The van der Waals surface area contributed by atoms with Crippen LogP contribution in [0.3, 0.4) is 0 Å². The van der Waals surface area contributed by atoms with E-state index < -0.39 is 35.5 Å². The van der Waals surface area contributed by atoms with E-state index >= 15 is 0 Å². The van der Waals surface area contributed by atoms with Gasteiger partial charge in [-0.05, 0) is 43.2 Å². The molecule has 3 rings (SSSR count). The number of hydrogen-bond donors (Lipinski definition) is 1. The van der Waals surface area contributed by atoms with E-state index in [-0.39, 0.29) is 29.2 Å². The smallest absolute Gasteiger partial charge is 0.419 e. The van der Waals surface area contributed by atoms with Gasteiger partial charge in [-0.3, -0.25) is 4.79 Å². The van der Waals surface area contributed by atoms with Gasteiger partial charge in [-0.15, -0.1) is 0 Å². The van der Waals surface area contributed by atoms with Crippen molar-refractivity contribution in [3.05, 3.63) is 53.2 Å². The number of alkyl halides is 3. The lowest BCUT2D eigenvalue weighted by atomic mass is 9.96.